The van der Waals surface area contributed by atoms with E-state index in [0.717, 1.165) is 26.0 Å². The van der Waals surface area contributed by atoms with Crippen LogP contribution in [0.4, 0.5) is 0 Å². The van der Waals surface area contributed by atoms with Gasteiger partial charge in [-0.25, -0.2) is 0 Å². The van der Waals surface area contributed by atoms with Gasteiger partial charge in [0.1, 0.15) is 11.5 Å². The summed E-state index contributed by atoms with van der Waals surface area (Å²) >= 11 is 4.73. The number of benzene rings is 1. The van der Waals surface area contributed by atoms with Crippen LogP contribution in [-0.4, -0.2) is 24.4 Å². The SMILES string of the molecule is COc1ccc(OC)c(-c2nnc(Br)s2)c1. The molecule has 1 heterocycles. The van der Waals surface area contributed by atoms with Gasteiger partial charge in [-0.1, -0.05) is 11.3 Å². The lowest BCUT2D eigenvalue weighted by Gasteiger charge is -2.07. The minimum atomic E-state index is 0.743. The van der Waals surface area contributed by atoms with E-state index in [4.69, 9.17) is 9.47 Å². The van der Waals surface area contributed by atoms with Gasteiger partial charge in [0.2, 0.25) is 0 Å². The van der Waals surface area contributed by atoms with Gasteiger partial charge in [-0.05, 0) is 34.1 Å². The van der Waals surface area contributed by atoms with Crippen molar-refractivity contribution in [2.24, 2.45) is 0 Å². The predicted octanol–water partition coefficient (Wildman–Crippen LogP) is 2.98. The fourth-order valence-electron chi connectivity index (χ4n) is 1.30. The summed E-state index contributed by atoms with van der Waals surface area (Å²) in [7, 11) is 3.25. The topological polar surface area (TPSA) is 44.2 Å². The smallest absolute Gasteiger partial charge is 0.183 e. The summed E-state index contributed by atoms with van der Waals surface area (Å²) in [4.78, 5) is 0. The van der Waals surface area contributed by atoms with Crippen LogP contribution >= 0.6 is 27.3 Å². The molecular formula is C10H9BrN2O2S. The molecule has 0 fully saturated rings. The van der Waals surface area contributed by atoms with Crippen molar-refractivity contribution in [3.8, 4) is 22.1 Å². The number of rotatable bonds is 3. The van der Waals surface area contributed by atoms with Crippen molar-refractivity contribution in [1.82, 2.24) is 10.2 Å². The first-order chi connectivity index (χ1) is 7.74. The second-order valence-corrected chi connectivity index (χ2v) is 5.18. The molecule has 0 aliphatic rings. The highest BCUT2D eigenvalue weighted by molar-refractivity contribution is 9.11. The van der Waals surface area contributed by atoms with Crippen molar-refractivity contribution in [3.63, 3.8) is 0 Å². The molecule has 0 aliphatic carbocycles. The average Bonchev–Trinajstić information content (AvgIpc) is 2.75. The van der Waals surface area contributed by atoms with Crippen LogP contribution in [0.2, 0.25) is 0 Å². The maximum absolute atomic E-state index is 5.28. The zero-order valence-corrected chi connectivity index (χ0v) is 11.1. The predicted molar refractivity (Wildman–Crippen MR) is 66.1 cm³/mol. The number of ether oxygens (including phenoxy) is 2. The molecule has 0 radical (unpaired) electrons. The van der Waals surface area contributed by atoms with Crippen LogP contribution in [-0.2, 0) is 0 Å². The van der Waals surface area contributed by atoms with Crippen LogP contribution in [0.3, 0.4) is 0 Å². The van der Waals surface area contributed by atoms with E-state index < -0.39 is 0 Å². The molecule has 0 amide bonds. The quantitative estimate of drug-likeness (QED) is 0.874. The van der Waals surface area contributed by atoms with E-state index >= 15 is 0 Å². The molecule has 0 spiro atoms. The Morgan fingerprint density at radius 2 is 2.00 bits per heavy atom. The molecule has 2 aromatic rings. The molecule has 84 valence electrons. The lowest BCUT2D eigenvalue weighted by atomic mass is 10.2. The molecule has 0 saturated heterocycles. The van der Waals surface area contributed by atoms with Crippen LogP contribution < -0.4 is 9.47 Å². The molecule has 4 nitrogen and oxygen atoms in total. The fourth-order valence-corrected chi connectivity index (χ4v) is 2.43. The van der Waals surface area contributed by atoms with Gasteiger partial charge in [-0.15, -0.1) is 10.2 Å². The van der Waals surface area contributed by atoms with Crippen molar-refractivity contribution >= 4 is 27.3 Å². The zero-order valence-electron chi connectivity index (χ0n) is 8.73. The Hall–Kier alpha value is -1.14. The Bertz CT molecular complexity index is 501. The normalized spacial score (nSPS) is 10.2. The Balaban J connectivity index is 2.52. The van der Waals surface area contributed by atoms with Gasteiger partial charge in [0, 0.05) is 0 Å². The molecule has 0 aliphatic heterocycles. The molecular weight excluding hydrogens is 292 g/mol. The first-order valence-corrected chi connectivity index (χ1v) is 6.07. The Morgan fingerprint density at radius 1 is 1.19 bits per heavy atom. The highest BCUT2D eigenvalue weighted by atomic mass is 79.9. The van der Waals surface area contributed by atoms with Crippen LogP contribution in [0.1, 0.15) is 0 Å². The lowest BCUT2D eigenvalue weighted by molar-refractivity contribution is 0.404. The number of halogens is 1. The Morgan fingerprint density at radius 3 is 2.56 bits per heavy atom. The van der Waals surface area contributed by atoms with Gasteiger partial charge in [0.05, 0.1) is 19.8 Å². The van der Waals surface area contributed by atoms with Crippen molar-refractivity contribution in [3.05, 3.63) is 22.1 Å². The summed E-state index contributed by atoms with van der Waals surface area (Å²) < 4.78 is 11.2. The third kappa shape index (κ3) is 2.17. The first kappa shape index (κ1) is 11.3. The molecule has 0 bridgehead atoms. The molecule has 16 heavy (non-hydrogen) atoms. The highest BCUT2D eigenvalue weighted by Crippen LogP contribution is 2.35. The molecule has 1 aromatic heterocycles. The van der Waals surface area contributed by atoms with Gasteiger partial charge in [-0.3, -0.25) is 0 Å². The maximum atomic E-state index is 5.28. The minimum absolute atomic E-state index is 0.743. The molecule has 0 unspecified atom stereocenters. The van der Waals surface area contributed by atoms with Crippen molar-refractivity contribution in [2.75, 3.05) is 14.2 Å². The molecule has 1 aromatic carbocycles. The summed E-state index contributed by atoms with van der Waals surface area (Å²) in [5.74, 6) is 1.52. The van der Waals surface area contributed by atoms with E-state index in [0.29, 0.717) is 0 Å². The number of nitrogens with zero attached hydrogens (tertiary/aromatic N) is 2. The van der Waals surface area contributed by atoms with Crippen LogP contribution in [0.25, 0.3) is 10.6 Å². The van der Waals surface area contributed by atoms with Gasteiger partial charge in [0.25, 0.3) is 0 Å². The van der Waals surface area contributed by atoms with E-state index in [2.05, 4.69) is 26.1 Å². The van der Waals surface area contributed by atoms with E-state index in [1.807, 2.05) is 18.2 Å². The largest absolute Gasteiger partial charge is 0.497 e. The van der Waals surface area contributed by atoms with Crippen LogP contribution in [0.5, 0.6) is 11.5 Å². The van der Waals surface area contributed by atoms with Crippen LogP contribution in [0, 0.1) is 0 Å². The number of hydrogen-bond acceptors (Lipinski definition) is 5. The lowest BCUT2D eigenvalue weighted by Crippen LogP contribution is -1.90. The standard InChI is InChI=1S/C10H9BrN2O2S/c1-14-6-3-4-8(15-2)7(5-6)9-12-13-10(11)16-9/h3-5H,1-2H3. The second kappa shape index (κ2) is 4.80. The van der Waals surface area contributed by atoms with Gasteiger partial charge in [-0.2, -0.15) is 0 Å². The molecule has 0 saturated carbocycles. The number of hydrogen-bond donors (Lipinski definition) is 0. The molecule has 2 rings (SSSR count). The van der Waals surface area contributed by atoms with Gasteiger partial charge >= 0.3 is 0 Å². The summed E-state index contributed by atoms with van der Waals surface area (Å²) in [5.41, 5.74) is 0.880. The molecule has 0 atom stereocenters. The van der Waals surface area contributed by atoms with Crippen molar-refractivity contribution < 1.29 is 9.47 Å². The minimum Gasteiger partial charge on any atom is -0.497 e. The zero-order chi connectivity index (χ0) is 11.5. The number of methoxy groups -OCH3 is 2. The maximum Gasteiger partial charge on any atom is 0.183 e. The fraction of sp³-hybridized carbons (Fsp3) is 0.200. The highest BCUT2D eigenvalue weighted by Gasteiger charge is 2.12. The van der Waals surface area contributed by atoms with Crippen molar-refractivity contribution in [2.45, 2.75) is 0 Å². The van der Waals surface area contributed by atoms with Crippen LogP contribution in [0.15, 0.2) is 22.1 Å². The second-order valence-electron chi connectivity index (χ2n) is 2.93. The Kier molecular flexibility index (Phi) is 3.40. The molecule has 0 N–H and O–H groups in total. The van der Waals surface area contributed by atoms with E-state index in [1.54, 1.807) is 14.2 Å². The van der Waals surface area contributed by atoms with E-state index in [1.165, 1.54) is 11.3 Å². The molecule has 6 heteroatoms. The van der Waals surface area contributed by atoms with Gasteiger partial charge in [0.15, 0.2) is 8.92 Å². The monoisotopic (exact) mass is 300 g/mol. The summed E-state index contributed by atoms with van der Waals surface area (Å²) in [6.07, 6.45) is 0. The summed E-state index contributed by atoms with van der Waals surface area (Å²) in [6, 6.07) is 5.58. The Labute approximate surface area is 105 Å². The average molecular weight is 301 g/mol. The third-order valence-electron chi connectivity index (χ3n) is 2.04. The summed E-state index contributed by atoms with van der Waals surface area (Å²) in [5, 5.41) is 8.76. The van der Waals surface area contributed by atoms with Crippen molar-refractivity contribution in [1.29, 1.82) is 0 Å². The van der Waals surface area contributed by atoms with E-state index in [-0.39, 0.29) is 0 Å². The first-order valence-electron chi connectivity index (χ1n) is 4.46. The number of aromatic nitrogens is 2. The van der Waals surface area contributed by atoms with E-state index in [9.17, 15) is 0 Å². The summed E-state index contributed by atoms with van der Waals surface area (Å²) in [6.45, 7) is 0. The third-order valence-corrected chi connectivity index (χ3v) is 3.43. The van der Waals surface area contributed by atoms with Gasteiger partial charge < -0.3 is 9.47 Å².